The summed E-state index contributed by atoms with van der Waals surface area (Å²) in [4.78, 5) is 62.7. The second-order valence-electron chi connectivity index (χ2n) is 14.3. The first-order valence-corrected chi connectivity index (χ1v) is 18.6. The van der Waals surface area contributed by atoms with Gasteiger partial charge in [-0.2, -0.15) is 0 Å². The Morgan fingerprint density at radius 3 is 2.44 bits per heavy atom. The molecule has 2 saturated carbocycles. The molecule has 0 bridgehead atoms. The van der Waals surface area contributed by atoms with Crippen LogP contribution in [0.1, 0.15) is 60.3 Å². The number of hydrogen-bond donors (Lipinski definition) is 3. The predicted octanol–water partition coefficient (Wildman–Crippen LogP) is 2.73. The quantitative estimate of drug-likeness (QED) is 0.264. The third kappa shape index (κ3) is 7.52. The number of carbonyl (C=O) groups excluding carboxylic acids is 4. The van der Waals surface area contributed by atoms with Crippen molar-refractivity contribution in [3.63, 3.8) is 0 Å². The normalized spacial score (nSPS) is 23.8. The summed E-state index contributed by atoms with van der Waals surface area (Å²) in [6.07, 6.45) is 3.54. The fraction of sp³-hybridized carbons (Fsp3) is 0.571. The van der Waals surface area contributed by atoms with E-state index in [1.54, 1.807) is 24.3 Å². The van der Waals surface area contributed by atoms with Gasteiger partial charge in [-0.1, -0.05) is 26.8 Å². The SMILES string of the molecule is C=CC1C[C@]1(NC(=O)[C@@H]1C[C@@H](Oc2nccc3cc(OC)ccc23)CN1C(=O)[C@@H](NC(=O)N(CC)CC)C(C)(C)C)C(=O)NS(=O)(=O)C1CC1. The number of nitrogens with one attached hydrogen (secondary N) is 3. The fourth-order valence-corrected chi connectivity index (χ4v) is 7.81. The lowest BCUT2D eigenvalue weighted by Gasteiger charge is -2.36. The number of benzene rings is 1. The maximum absolute atomic E-state index is 14.5. The van der Waals surface area contributed by atoms with E-state index in [1.807, 2.05) is 52.8 Å². The largest absolute Gasteiger partial charge is 0.497 e. The Morgan fingerprint density at radius 1 is 1.16 bits per heavy atom. The maximum Gasteiger partial charge on any atom is 0.318 e. The molecule has 1 unspecified atom stereocenters. The number of sulfonamides is 1. The number of pyridine rings is 1. The van der Waals surface area contributed by atoms with E-state index in [1.165, 1.54) is 11.0 Å². The van der Waals surface area contributed by atoms with Gasteiger partial charge in [0.1, 0.15) is 29.5 Å². The third-order valence-corrected chi connectivity index (χ3v) is 11.6. The minimum absolute atomic E-state index is 0.0149. The molecule has 50 heavy (non-hydrogen) atoms. The van der Waals surface area contributed by atoms with Crippen LogP contribution >= 0.6 is 0 Å². The zero-order chi connectivity index (χ0) is 36.6. The van der Waals surface area contributed by atoms with Crippen molar-refractivity contribution in [2.75, 3.05) is 26.7 Å². The minimum atomic E-state index is -3.89. The standard InChI is InChI=1S/C35H48N6O8S/c1-8-22-19-35(22,32(44)39-50(46,47)25-12-13-25)38-29(42)27-18-24(49-30-26-14-11-23(48-7)17-21(26)15-16-36-30)20-41(27)31(43)28(34(4,5)6)37-33(45)40(9-2)10-3/h8,11,14-17,22,24-25,27-28H,1,9-10,12-13,18-20H2,2-7H3,(H,37,45)(H,38,42)(H,39,44)/t22?,24-,27+,28-,35-/m1/s1. The number of carbonyl (C=O) groups is 4. The van der Waals surface area contributed by atoms with Crippen LogP contribution in [0, 0.1) is 11.3 Å². The molecule has 15 heteroatoms. The minimum Gasteiger partial charge on any atom is -0.497 e. The van der Waals surface area contributed by atoms with Crippen molar-refractivity contribution in [2.45, 2.75) is 89.3 Å². The highest BCUT2D eigenvalue weighted by molar-refractivity contribution is 7.91. The molecule has 1 aliphatic heterocycles. The molecule has 5 amide bonds. The highest BCUT2D eigenvalue weighted by atomic mass is 32.2. The first kappa shape index (κ1) is 36.9. The van der Waals surface area contributed by atoms with Gasteiger partial charge in [0.2, 0.25) is 27.7 Å². The topological polar surface area (TPSA) is 176 Å². The van der Waals surface area contributed by atoms with Gasteiger partial charge in [-0.25, -0.2) is 18.2 Å². The molecule has 2 aromatic rings. The van der Waals surface area contributed by atoms with Crippen molar-refractivity contribution in [2.24, 2.45) is 11.3 Å². The Hall–Kier alpha value is -4.40. The Bertz CT molecular complexity index is 1770. The van der Waals surface area contributed by atoms with Gasteiger partial charge in [0, 0.05) is 37.0 Å². The molecule has 5 rings (SSSR count). The monoisotopic (exact) mass is 712 g/mol. The highest BCUT2D eigenvalue weighted by Crippen LogP contribution is 2.45. The molecule has 272 valence electrons. The Kier molecular flexibility index (Phi) is 10.4. The van der Waals surface area contributed by atoms with Gasteiger partial charge in [0.05, 0.1) is 18.9 Å². The molecule has 2 aliphatic carbocycles. The van der Waals surface area contributed by atoms with E-state index in [9.17, 15) is 27.6 Å². The molecular formula is C35H48N6O8S. The summed E-state index contributed by atoms with van der Waals surface area (Å²) in [5.74, 6) is -1.52. The molecule has 0 spiro atoms. The second kappa shape index (κ2) is 14.1. The van der Waals surface area contributed by atoms with Gasteiger partial charge in [0.15, 0.2) is 0 Å². The molecule has 1 saturated heterocycles. The lowest BCUT2D eigenvalue weighted by Crippen LogP contribution is -2.61. The average Bonchev–Trinajstić information content (AvgIpc) is 4.00. The number of rotatable bonds is 13. The van der Waals surface area contributed by atoms with E-state index in [0.717, 1.165) is 5.39 Å². The van der Waals surface area contributed by atoms with Gasteiger partial charge in [-0.15, -0.1) is 6.58 Å². The van der Waals surface area contributed by atoms with Gasteiger partial charge < -0.3 is 29.9 Å². The van der Waals surface area contributed by atoms with Gasteiger partial charge >= 0.3 is 6.03 Å². The first-order valence-electron chi connectivity index (χ1n) is 17.0. The summed E-state index contributed by atoms with van der Waals surface area (Å²) < 4.78 is 39.2. The van der Waals surface area contributed by atoms with Crippen LogP contribution < -0.4 is 24.8 Å². The van der Waals surface area contributed by atoms with Crippen LogP contribution in [-0.4, -0.2) is 103 Å². The number of aromatic nitrogens is 1. The summed E-state index contributed by atoms with van der Waals surface area (Å²) in [5, 5.41) is 6.58. The summed E-state index contributed by atoms with van der Waals surface area (Å²) in [6.45, 7) is 13.8. The zero-order valence-electron chi connectivity index (χ0n) is 29.5. The van der Waals surface area contributed by atoms with Crippen LogP contribution in [0.3, 0.4) is 0 Å². The van der Waals surface area contributed by atoms with E-state index in [-0.39, 0.29) is 19.4 Å². The number of methoxy groups -OCH3 is 1. The van der Waals surface area contributed by atoms with Crippen molar-refractivity contribution in [3.05, 3.63) is 43.1 Å². The fourth-order valence-electron chi connectivity index (χ4n) is 6.44. The molecule has 14 nitrogen and oxygen atoms in total. The molecule has 3 fully saturated rings. The van der Waals surface area contributed by atoms with E-state index in [2.05, 4.69) is 26.9 Å². The van der Waals surface area contributed by atoms with E-state index >= 15 is 0 Å². The molecule has 5 atom stereocenters. The zero-order valence-corrected chi connectivity index (χ0v) is 30.3. The lowest BCUT2D eigenvalue weighted by molar-refractivity contribution is -0.142. The van der Waals surface area contributed by atoms with E-state index in [0.29, 0.717) is 42.9 Å². The number of amides is 5. The van der Waals surface area contributed by atoms with E-state index < -0.39 is 74.1 Å². The van der Waals surface area contributed by atoms with Crippen molar-refractivity contribution in [1.82, 2.24) is 30.1 Å². The molecule has 2 heterocycles. The molecule has 3 N–H and O–H groups in total. The molecular weight excluding hydrogens is 664 g/mol. The highest BCUT2D eigenvalue weighted by Gasteiger charge is 2.62. The van der Waals surface area contributed by atoms with Crippen molar-refractivity contribution < 1.29 is 37.1 Å². The molecule has 3 aliphatic rings. The molecule has 1 aromatic heterocycles. The average molecular weight is 713 g/mol. The smallest absolute Gasteiger partial charge is 0.318 e. The van der Waals surface area contributed by atoms with Crippen LogP contribution in [0.15, 0.2) is 43.1 Å². The number of nitrogens with zero attached hydrogens (tertiary/aromatic N) is 3. The van der Waals surface area contributed by atoms with Gasteiger partial charge in [-0.3, -0.25) is 19.1 Å². The summed E-state index contributed by atoms with van der Waals surface area (Å²) in [7, 11) is -2.31. The second-order valence-corrected chi connectivity index (χ2v) is 16.2. The number of fused-ring (bicyclic) bond motifs is 1. The number of urea groups is 1. The van der Waals surface area contributed by atoms with Crippen molar-refractivity contribution in [3.8, 4) is 11.6 Å². The lowest BCUT2D eigenvalue weighted by atomic mass is 9.85. The van der Waals surface area contributed by atoms with Crippen LogP contribution in [0.4, 0.5) is 4.79 Å². The Balaban J connectivity index is 1.45. The molecule has 0 radical (unpaired) electrons. The number of likely N-dealkylation sites (tertiary alicyclic amines) is 1. The van der Waals surface area contributed by atoms with Gasteiger partial charge in [-0.05, 0) is 68.2 Å². The summed E-state index contributed by atoms with van der Waals surface area (Å²) in [6, 6.07) is 4.71. The summed E-state index contributed by atoms with van der Waals surface area (Å²) >= 11 is 0. The van der Waals surface area contributed by atoms with Crippen LogP contribution in [0.5, 0.6) is 11.6 Å². The Labute approximate surface area is 293 Å². The van der Waals surface area contributed by atoms with Crippen molar-refractivity contribution >= 4 is 44.5 Å². The van der Waals surface area contributed by atoms with E-state index in [4.69, 9.17) is 9.47 Å². The Morgan fingerprint density at radius 2 is 1.86 bits per heavy atom. The van der Waals surface area contributed by atoms with Crippen LogP contribution in [0.25, 0.3) is 10.8 Å². The van der Waals surface area contributed by atoms with Crippen LogP contribution in [-0.2, 0) is 24.4 Å². The number of ether oxygens (including phenoxy) is 2. The van der Waals surface area contributed by atoms with Crippen molar-refractivity contribution in [1.29, 1.82) is 0 Å². The predicted molar refractivity (Wildman–Crippen MR) is 187 cm³/mol. The van der Waals surface area contributed by atoms with Gasteiger partial charge in [0.25, 0.3) is 5.91 Å². The maximum atomic E-state index is 14.5. The first-order chi connectivity index (χ1) is 23.6. The number of hydrogen-bond acceptors (Lipinski definition) is 9. The van der Waals surface area contributed by atoms with Crippen LogP contribution in [0.2, 0.25) is 0 Å². The summed E-state index contributed by atoms with van der Waals surface area (Å²) in [5.41, 5.74) is -2.29. The molecule has 1 aromatic carbocycles. The third-order valence-electron chi connectivity index (χ3n) is 9.74.